The molecule has 0 amide bonds. The fourth-order valence-electron chi connectivity index (χ4n) is 8.43. The van der Waals surface area contributed by atoms with Crippen molar-refractivity contribution in [2.45, 2.75) is 40.0 Å². The van der Waals surface area contributed by atoms with E-state index in [0.29, 0.717) is 0 Å². The van der Waals surface area contributed by atoms with Crippen LogP contribution in [0, 0.1) is 13.8 Å². The molecular weight excluding hydrogens is 555 g/mol. The van der Waals surface area contributed by atoms with Gasteiger partial charge in [-0.05, 0) is 130 Å². The standard InChI is InChI=1S/C45H33N/c1-24-8-14-31-35(19-24)36(22-38-33-15-9-25(2)40-34-7-6-18-46-44(34)39(43(33)40)23-37(31)38)30-16-12-26-10-11-27-20-29(45(3,4)5)21-28-13-17-32(30)42(26)41(27)28/h6-23H,1-5H3. The molecule has 0 unspecified atom stereocenters. The van der Waals surface area contributed by atoms with Gasteiger partial charge in [0.25, 0.3) is 0 Å². The fourth-order valence-corrected chi connectivity index (χ4v) is 8.43. The van der Waals surface area contributed by atoms with Crippen molar-refractivity contribution in [3.63, 3.8) is 0 Å². The Balaban J connectivity index is 1.35. The molecule has 0 fully saturated rings. The normalized spacial score (nSPS) is 12.9. The van der Waals surface area contributed by atoms with Gasteiger partial charge in [-0.25, -0.2) is 0 Å². The number of hydrogen-bond acceptors (Lipinski definition) is 1. The highest BCUT2D eigenvalue weighted by Gasteiger charge is 2.26. The minimum absolute atomic E-state index is 0.0947. The van der Waals surface area contributed by atoms with Crippen molar-refractivity contribution in [2.24, 2.45) is 0 Å². The van der Waals surface area contributed by atoms with Crippen LogP contribution in [0.2, 0.25) is 0 Å². The summed E-state index contributed by atoms with van der Waals surface area (Å²) in [6.07, 6.45) is 1.93. The number of aromatic nitrogens is 1. The zero-order chi connectivity index (χ0) is 31.1. The maximum atomic E-state index is 4.90. The highest BCUT2D eigenvalue weighted by atomic mass is 14.7. The highest BCUT2D eigenvalue weighted by molar-refractivity contribution is 6.31. The van der Waals surface area contributed by atoms with Crippen molar-refractivity contribution in [1.29, 1.82) is 0 Å². The van der Waals surface area contributed by atoms with Crippen molar-refractivity contribution >= 4 is 64.6 Å². The van der Waals surface area contributed by atoms with Crippen LogP contribution in [0.3, 0.4) is 0 Å². The van der Waals surface area contributed by atoms with E-state index in [0.717, 1.165) is 5.69 Å². The molecule has 1 aliphatic rings. The van der Waals surface area contributed by atoms with Gasteiger partial charge in [0, 0.05) is 17.3 Å². The van der Waals surface area contributed by atoms with Crippen LogP contribution in [0.1, 0.15) is 37.5 Å². The minimum Gasteiger partial charge on any atom is -0.256 e. The SMILES string of the molecule is Cc1ccc2c(c1)c(-c1ccc3ccc4cc(C(C)(C)C)cc5ccc1c3c45)cc1c3ccc(C)c4c3c(cc21)-c1ncccc1-4. The lowest BCUT2D eigenvalue weighted by atomic mass is 9.82. The number of aryl methyl sites for hydroxylation is 2. The Morgan fingerprint density at radius 1 is 0.478 bits per heavy atom. The van der Waals surface area contributed by atoms with Crippen molar-refractivity contribution in [1.82, 2.24) is 4.98 Å². The Bertz CT molecular complexity index is 2770. The maximum absolute atomic E-state index is 4.90. The van der Waals surface area contributed by atoms with Gasteiger partial charge in [0.05, 0.1) is 5.69 Å². The second kappa shape index (κ2) is 8.71. The molecule has 0 N–H and O–H groups in total. The highest BCUT2D eigenvalue weighted by Crippen LogP contribution is 2.52. The maximum Gasteiger partial charge on any atom is 0.0787 e. The van der Waals surface area contributed by atoms with Gasteiger partial charge in [0.15, 0.2) is 0 Å². The third kappa shape index (κ3) is 3.33. The van der Waals surface area contributed by atoms with Gasteiger partial charge in [-0.3, -0.25) is 4.98 Å². The number of benzene rings is 8. The molecule has 8 aromatic carbocycles. The third-order valence-electron chi connectivity index (χ3n) is 10.7. The van der Waals surface area contributed by atoms with E-state index in [2.05, 4.69) is 138 Å². The van der Waals surface area contributed by atoms with Crippen molar-refractivity contribution < 1.29 is 0 Å². The molecule has 218 valence electrons. The van der Waals surface area contributed by atoms with Gasteiger partial charge < -0.3 is 0 Å². The summed E-state index contributed by atoms with van der Waals surface area (Å²) < 4.78 is 0. The lowest BCUT2D eigenvalue weighted by Crippen LogP contribution is -2.10. The molecule has 0 atom stereocenters. The van der Waals surface area contributed by atoms with Gasteiger partial charge in [0.1, 0.15) is 0 Å². The molecule has 0 saturated carbocycles. The van der Waals surface area contributed by atoms with E-state index in [1.165, 1.54) is 109 Å². The number of fused-ring (bicyclic) bond motifs is 7. The van der Waals surface area contributed by atoms with Crippen LogP contribution in [0.25, 0.3) is 98.1 Å². The number of pyridine rings is 1. The van der Waals surface area contributed by atoms with Crippen LogP contribution >= 0.6 is 0 Å². The molecule has 10 rings (SSSR count). The van der Waals surface area contributed by atoms with Crippen molar-refractivity contribution in [3.8, 4) is 33.5 Å². The summed E-state index contributed by atoms with van der Waals surface area (Å²) in [7, 11) is 0. The zero-order valence-corrected chi connectivity index (χ0v) is 26.8. The summed E-state index contributed by atoms with van der Waals surface area (Å²) in [6.45, 7) is 11.3. The minimum atomic E-state index is 0.0947. The van der Waals surface area contributed by atoms with Crippen LogP contribution in [-0.2, 0) is 5.41 Å². The van der Waals surface area contributed by atoms with E-state index < -0.39 is 0 Å². The molecule has 0 spiro atoms. The first-order valence-corrected chi connectivity index (χ1v) is 16.4. The van der Waals surface area contributed by atoms with Crippen LogP contribution in [0.4, 0.5) is 0 Å². The molecule has 0 bridgehead atoms. The summed E-state index contributed by atoms with van der Waals surface area (Å²) in [5.41, 5.74) is 11.6. The second-order valence-electron chi connectivity index (χ2n) is 14.5. The summed E-state index contributed by atoms with van der Waals surface area (Å²) in [4.78, 5) is 4.90. The largest absolute Gasteiger partial charge is 0.256 e. The number of rotatable bonds is 1. The average Bonchev–Trinajstić information content (AvgIpc) is 3.39. The first kappa shape index (κ1) is 26.0. The van der Waals surface area contributed by atoms with Gasteiger partial charge in [-0.15, -0.1) is 0 Å². The molecule has 1 heteroatoms. The van der Waals surface area contributed by atoms with E-state index in [1.807, 2.05) is 6.20 Å². The van der Waals surface area contributed by atoms with E-state index in [-0.39, 0.29) is 5.41 Å². The monoisotopic (exact) mass is 587 g/mol. The Hall–Kier alpha value is -5.27. The molecule has 0 aliphatic heterocycles. The Morgan fingerprint density at radius 2 is 1.17 bits per heavy atom. The van der Waals surface area contributed by atoms with Gasteiger partial charge >= 0.3 is 0 Å². The fraction of sp³-hybridized carbons (Fsp3) is 0.133. The van der Waals surface area contributed by atoms with Gasteiger partial charge in [-0.2, -0.15) is 0 Å². The second-order valence-corrected chi connectivity index (χ2v) is 14.5. The van der Waals surface area contributed by atoms with Crippen molar-refractivity contribution in [3.05, 3.63) is 126 Å². The van der Waals surface area contributed by atoms with Crippen molar-refractivity contribution in [2.75, 3.05) is 0 Å². The molecule has 1 nitrogen and oxygen atoms in total. The summed E-state index contributed by atoms with van der Waals surface area (Å²) >= 11 is 0. The third-order valence-corrected chi connectivity index (χ3v) is 10.7. The Morgan fingerprint density at radius 3 is 2.00 bits per heavy atom. The van der Waals surface area contributed by atoms with Gasteiger partial charge in [-0.1, -0.05) is 111 Å². The van der Waals surface area contributed by atoms with E-state index >= 15 is 0 Å². The van der Waals surface area contributed by atoms with Crippen LogP contribution in [0.15, 0.2) is 109 Å². The summed E-state index contributed by atoms with van der Waals surface area (Å²) in [6, 6.07) is 39.6. The van der Waals surface area contributed by atoms with Crippen LogP contribution < -0.4 is 0 Å². The molecular formula is C45H33N. The lowest BCUT2D eigenvalue weighted by molar-refractivity contribution is 0.591. The number of nitrogens with zero attached hydrogens (tertiary/aromatic N) is 1. The topological polar surface area (TPSA) is 12.9 Å². The summed E-state index contributed by atoms with van der Waals surface area (Å²) in [5.74, 6) is 0. The lowest BCUT2D eigenvalue weighted by Gasteiger charge is -2.22. The Labute approximate surface area is 268 Å². The Kier molecular flexibility index (Phi) is 4.92. The predicted octanol–water partition coefficient (Wildman–Crippen LogP) is 12.7. The molecule has 46 heavy (non-hydrogen) atoms. The summed E-state index contributed by atoms with van der Waals surface area (Å²) in [5, 5.41) is 15.8. The molecule has 0 radical (unpaired) electrons. The first-order valence-electron chi connectivity index (χ1n) is 16.4. The zero-order valence-electron chi connectivity index (χ0n) is 26.8. The number of hydrogen-bond donors (Lipinski definition) is 0. The molecule has 1 aromatic heterocycles. The molecule has 0 saturated heterocycles. The van der Waals surface area contributed by atoms with Crippen LogP contribution in [0.5, 0.6) is 0 Å². The van der Waals surface area contributed by atoms with E-state index in [1.54, 1.807) is 0 Å². The predicted molar refractivity (Wildman–Crippen MR) is 198 cm³/mol. The molecule has 9 aromatic rings. The smallest absolute Gasteiger partial charge is 0.0787 e. The first-order chi connectivity index (χ1) is 22.3. The van der Waals surface area contributed by atoms with E-state index in [9.17, 15) is 0 Å². The van der Waals surface area contributed by atoms with E-state index in [4.69, 9.17) is 4.98 Å². The van der Waals surface area contributed by atoms with Crippen LogP contribution in [-0.4, -0.2) is 4.98 Å². The quantitative estimate of drug-likeness (QED) is 0.174. The molecule has 1 heterocycles. The molecule has 1 aliphatic carbocycles. The average molecular weight is 588 g/mol. The van der Waals surface area contributed by atoms with Gasteiger partial charge in [0.2, 0.25) is 0 Å².